The van der Waals surface area contributed by atoms with Crippen molar-refractivity contribution in [3.05, 3.63) is 71.4 Å². The van der Waals surface area contributed by atoms with Crippen LogP contribution < -0.4 is 0 Å². The number of hydrogen-bond donors (Lipinski definition) is 0. The molecule has 27 heavy (non-hydrogen) atoms. The smallest absolute Gasteiger partial charge is 0.319 e. The molecule has 0 amide bonds. The molecular weight excluding hydrogens is 380 g/mol. The van der Waals surface area contributed by atoms with Crippen LogP contribution in [-0.4, -0.2) is 26.9 Å². The van der Waals surface area contributed by atoms with Crippen LogP contribution in [0.3, 0.4) is 0 Å². The zero-order chi connectivity index (χ0) is 18.8. The lowest BCUT2D eigenvalue weighted by atomic mass is 10.1. The maximum atomic E-state index is 12.1. The SMILES string of the molecule is CC1CC(Sc2ncc(-c3ccc(Cl)cc3)n2Cc2ccccc2)C(=O)O1. The number of cyclic esters (lactones) is 1. The van der Waals surface area contributed by atoms with E-state index in [1.807, 2.05) is 55.6 Å². The van der Waals surface area contributed by atoms with Gasteiger partial charge in [-0.1, -0.05) is 65.8 Å². The third-order valence-electron chi connectivity index (χ3n) is 4.52. The Morgan fingerprint density at radius 3 is 2.59 bits per heavy atom. The average molecular weight is 399 g/mol. The molecule has 0 saturated carbocycles. The summed E-state index contributed by atoms with van der Waals surface area (Å²) in [6.45, 7) is 2.60. The summed E-state index contributed by atoms with van der Waals surface area (Å²) in [5, 5.41) is 1.31. The molecule has 0 N–H and O–H groups in total. The molecule has 4 rings (SSSR count). The summed E-state index contributed by atoms with van der Waals surface area (Å²) in [6.07, 6.45) is 2.53. The van der Waals surface area contributed by atoms with Crippen molar-refractivity contribution in [3.8, 4) is 11.3 Å². The third-order valence-corrected chi connectivity index (χ3v) is 5.97. The zero-order valence-electron chi connectivity index (χ0n) is 14.8. The monoisotopic (exact) mass is 398 g/mol. The van der Waals surface area contributed by atoms with Gasteiger partial charge < -0.3 is 9.30 Å². The number of ether oxygens (including phenoxy) is 1. The van der Waals surface area contributed by atoms with Crippen LogP contribution in [0.1, 0.15) is 18.9 Å². The van der Waals surface area contributed by atoms with Crippen molar-refractivity contribution in [3.63, 3.8) is 0 Å². The molecule has 3 aromatic rings. The second kappa shape index (κ2) is 7.79. The summed E-state index contributed by atoms with van der Waals surface area (Å²) >= 11 is 7.52. The van der Waals surface area contributed by atoms with E-state index in [1.165, 1.54) is 17.3 Å². The Bertz CT molecular complexity index is 941. The largest absolute Gasteiger partial charge is 0.462 e. The third kappa shape index (κ3) is 4.04. The summed E-state index contributed by atoms with van der Waals surface area (Å²) < 4.78 is 7.45. The zero-order valence-corrected chi connectivity index (χ0v) is 16.4. The molecule has 0 spiro atoms. The van der Waals surface area contributed by atoms with Crippen molar-refractivity contribution in [1.29, 1.82) is 0 Å². The number of benzene rings is 2. The van der Waals surface area contributed by atoms with Gasteiger partial charge in [0.15, 0.2) is 5.16 Å². The normalized spacial score (nSPS) is 19.3. The minimum Gasteiger partial charge on any atom is -0.462 e. The van der Waals surface area contributed by atoms with Crippen molar-refractivity contribution in [2.24, 2.45) is 0 Å². The maximum absolute atomic E-state index is 12.1. The molecule has 1 aliphatic rings. The molecule has 4 nitrogen and oxygen atoms in total. The first-order valence-electron chi connectivity index (χ1n) is 8.82. The minimum absolute atomic E-state index is 0.0386. The predicted octanol–water partition coefficient (Wildman–Crippen LogP) is 5.05. The average Bonchev–Trinajstić information content (AvgIpc) is 3.20. The lowest BCUT2D eigenvalue weighted by Gasteiger charge is -2.13. The van der Waals surface area contributed by atoms with Gasteiger partial charge in [0.05, 0.1) is 18.4 Å². The first kappa shape index (κ1) is 18.1. The van der Waals surface area contributed by atoms with E-state index in [0.29, 0.717) is 18.0 Å². The summed E-state index contributed by atoms with van der Waals surface area (Å²) in [5.41, 5.74) is 3.21. The molecule has 1 aromatic heterocycles. The first-order valence-corrected chi connectivity index (χ1v) is 10.1. The molecule has 2 unspecified atom stereocenters. The van der Waals surface area contributed by atoms with Gasteiger partial charge in [-0.25, -0.2) is 4.98 Å². The Morgan fingerprint density at radius 2 is 1.93 bits per heavy atom. The lowest BCUT2D eigenvalue weighted by Crippen LogP contribution is -2.12. The highest BCUT2D eigenvalue weighted by Gasteiger charge is 2.34. The van der Waals surface area contributed by atoms with Crippen molar-refractivity contribution >= 4 is 29.3 Å². The van der Waals surface area contributed by atoms with Gasteiger partial charge >= 0.3 is 5.97 Å². The number of halogens is 1. The molecule has 2 heterocycles. The maximum Gasteiger partial charge on any atom is 0.319 e. The molecule has 138 valence electrons. The Hall–Kier alpha value is -2.24. The number of esters is 1. The van der Waals surface area contributed by atoms with E-state index >= 15 is 0 Å². The second-order valence-corrected chi connectivity index (χ2v) is 8.20. The van der Waals surface area contributed by atoms with Crippen molar-refractivity contribution in [2.45, 2.75) is 36.4 Å². The van der Waals surface area contributed by atoms with Crippen LogP contribution in [0.4, 0.5) is 0 Å². The Kier molecular flexibility index (Phi) is 5.23. The highest BCUT2D eigenvalue weighted by atomic mass is 35.5. The van der Waals surface area contributed by atoms with Gasteiger partial charge in [-0.3, -0.25) is 4.79 Å². The van der Waals surface area contributed by atoms with Crippen LogP contribution in [0.15, 0.2) is 66.0 Å². The minimum atomic E-state index is -0.213. The van der Waals surface area contributed by atoms with Crippen LogP contribution in [0.2, 0.25) is 5.02 Å². The van der Waals surface area contributed by atoms with Crippen molar-refractivity contribution < 1.29 is 9.53 Å². The Morgan fingerprint density at radius 1 is 1.19 bits per heavy atom. The highest BCUT2D eigenvalue weighted by molar-refractivity contribution is 8.00. The molecule has 1 aliphatic heterocycles. The topological polar surface area (TPSA) is 44.1 Å². The van der Waals surface area contributed by atoms with E-state index in [0.717, 1.165) is 16.4 Å². The van der Waals surface area contributed by atoms with Crippen LogP contribution in [-0.2, 0) is 16.1 Å². The van der Waals surface area contributed by atoms with Gasteiger partial charge in [-0.15, -0.1) is 0 Å². The number of hydrogen-bond acceptors (Lipinski definition) is 4. The van der Waals surface area contributed by atoms with E-state index < -0.39 is 0 Å². The molecule has 1 saturated heterocycles. The van der Waals surface area contributed by atoms with Crippen molar-refractivity contribution in [2.75, 3.05) is 0 Å². The van der Waals surface area contributed by atoms with Gasteiger partial charge in [-0.2, -0.15) is 0 Å². The molecule has 6 heteroatoms. The second-order valence-electron chi connectivity index (χ2n) is 6.59. The fraction of sp³-hybridized carbons (Fsp3) is 0.238. The van der Waals surface area contributed by atoms with Gasteiger partial charge in [0.2, 0.25) is 0 Å². The first-order chi connectivity index (χ1) is 13.1. The summed E-state index contributed by atoms with van der Waals surface area (Å²) in [7, 11) is 0. The number of aromatic nitrogens is 2. The Labute approximate surface area is 167 Å². The summed E-state index contributed by atoms with van der Waals surface area (Å²) in [4.78, 5) is 16.7. The molecule has 0 bridgehead atoms. The van der Waals surface area contributed by atoms with Crippen LogP contribution in [0, 0.1) is 0 Å². The fourth-order valence-corrected chi connectivity index (χ4v) is 4.47. The Balaban J connectivity index is 1.70. The van der Waals surface area contributed by atoms with E-state index in [2.05, 4.69) is 21.7 Å². The van der Waals surface area contributed by atoms with E-state index in [4.69, 9.17) is 16.3 Å². The molecular formula is C21H19ClN2O2S. The molecule has 2 aromatic carbocycles. The number of thioether (sulfide) groups is 1. The van der Waals surface area contributed by atoms with Crippen molar-refractivity contribution in [1.82, 2.24) is 9.55 Å². The fourth-order valence-electron chi connectivity index (χ4n) is 3.17. The highest BCUT2D eigenvalue weighted by Crippen LogP contribution is 2.34. The number of carbonyl (C=O) groups is 1. The van der Waals surface area contributed by atoms with Crippen LogP contribution >= 0.6 is 23.4 Å². The number of imidazole rings is 1. The molecule has 2 atom stereocenters. The quantitative estimate of drug-likeness (QED) is 0.564. The van der Waals surface area contributed by atoms with Gasteiger partial charge in [0.1, 0.15) is 11.4 Å². The lowest BCUT2D eigenvalue weighted by molar-refractivity contribution is -0.140. The predicted molar refractivity (Wildman–Crippen MR) is 108 cm³/mol. The van der Waals surface area contributed by atoms with Gasteiger partial charge in [0.25, 0.3) is 0 Å². The van der Waals surface area contributed by atoms with Crippen LogP contribution in [0.5, 0.6) is 0 Å². The molecule has 0 radical (unpaired) electrons. The van der Waals surface area contributed by atoms with E-state index in [9.17, 15) is 4.79 Å². The van der Waals surface area contributed by atoms with Gasteiger partial charge in [-0.05, 0) is 30.2 Å². The summed E-state index contributed by atoms with van der Waals surface area (Å²) in [6, 6.07) is 18.0. The standard InChI is InChI=1S/C21H19ClN2O2S/c1-14-11-19(20(25)26-14)27-21-23-12-18(16-7-9-17(22)10-8-16)24(21)13-15-5-3-2-4-6-15/h2-10,12,14,19H,11,13H2,1H3. The number of carbonyl (C=O) groups excluding carboxylic acids is 1. The van der Waals surface area contributed by atoms with Gasteiger partial charge in [0, 0.05) is 11.4 Å². The number of nitrogens with zero attached hydrogens (tertiary/aromatic N) is 2. The summed E-state index contributed by atoms with van der Waals surface area (Å²) in [5.74, 6) is -0.158. The van der Waals surface area contributed by atoms with E-state index in [-0.39, 0.29) is 17.3 Å². The number of rotatable bonds is 5. The molecule has 1 fully saturated rings. The molecule has 0 aliphatic carbocycles. The van der Waals surface area contributed by atoms with E-state index in [1.54, 1.807) is 0 Å². The van der Waals surface area contributed by atoms with Crippen LogP contribution in [0.25, 0.3) is 11.3 Å².